The standard InChI is InChI=1S/C6H14O2Si/c1-3-5-9-8-6-7-4-2/h3,5H,4,6,9H2,1-2H3. The number of ether oxygens (including phenoxy) is 1. The van der Waals surface area contributed by atoms with E-state index in [2.05, 4.69) is 5.70 Å². The molecule has 0 saturated carbocycles. The zero-order chi connectivity index (χ0) is 6.95. The van der Waals surface area contributed by atoms with Gasteiger partial charge in [0.05, 0.1) is 0 Å². The molecule has 0 aromatic carbocycles. The van der Waals surface area contributed by atoms with Crippen LogP contribution in [0.1, 0.15) is 13.8 Å². The minimum atomic E-state index is -0.415. The summed E-state index contributed by atoms with van der Waals surface area (Å²) in [5.74, 6) is 0. The van der Waals surface area contributed by atoms with Crippen LogP contribution in [0.25, 0.3) is 0 Å². The van der Waals surface area contributed by atoms with E-state index in [1.54, 1.807) is 0 Å². The van der Waals surface area contributed by atoms with Crippen molar-refractivity contribution in [3.05, 3.63) is 11.8 Å². The van der Waals surface area contributed by atoms with Crippen molar-refractivity contribution < 1.29 is 9.16 Å². The Bertz CT molecular complexity index is 73.5. The van der Waals surface area contributed by atoms with E-state index in [1.807, 2.05) is 19.9 Å². The van der Waals surface area contributed by atoms with Crippen LogP contribution in [-0.2, 0) is 9.16 Å². The Kier molecular flexibility index (Phi) is 7.77. The molecule has 0 saturated heterocycles. The first-order chi connectivity index (χ1) is 4.41. The Morgan fingerprint density at radius 3 is 2.89 bits per heavy atom. The lowest BCUT2D eigenvalue weighted by Gasteiger charge is -1.98. The van der Waals surface area contributed by atoms with E-state index in [4.69, 9.17) is 9.16 Å². The third kappa shape index (κ3) is 7.88. The molecule has 0 radical (unpaired) electrons. The molecular weight excluding hydrogens is 132 g/mol. The van der Waals surface area contributed by atoms with E-state index in [-0.39, 0.29) is 0 Å². The van der Waals surface area contributed by atoms with Gasteiger partial charge in [0.15, 0.2) is 9.76 Å². The predicted octanol–water partition coefficient (Wildman–Crippen LogP) is 0.614. The van der Waals surface area contributed by atoms with Crippen LogP contribution in [-0.4, -0.2) is 23.2 Å². The number of rotatable bonds is 5. The van der Waals surface area contributed by atoms with Gasteiger partial charge < -0.3 is 9.16 Å². The van der Waals surface area contributed by atoms with Gasteiger partial charge in [-0.25, -0.2) is 0 Å². The molecule has 2 nitrogen and oxygen atoms in total. The Hall–Kier alpha value is -0.123. The molecular formula is C6H14O2Si. The van der Waals surface area contributed by atoms with Gasteiger partial charge in [-0.15, -0.1) is 0 Å². The highest BCUT2D eigenvalue weighted by atomic mass is 28.2. The predicted molar refractivity (Wildman–Crippen MR) is 40.9 cm³/mol. The molecule has 0 aliphatic heterocycles. The molecule has 0 heterocycles. The summed E-state index contributed by atoms with van der Waals surface area (Å²) in [5.41, 5.74) is 2.08. The van der Waals surface area contributed by atoms with Crippen LogP contribution >= 0.6 is 0 Å². The van der Waals surface area contributed by atoms with E-state index in [1.165, 1.54) is 0 Å². The molecule has 0 atom stereocenters. The quantitative estimate of drug-likeness (QED) is 0.321. The molecule has 0 N–H and O–H groups in total. The van der Waals surface area contributed by atoms with Gasteiger partial charge in [-0.2, -0.15) is 0 Å². The zero-order valence-corrected chi connectivity index (χ0v) is 7.51. The maximum Gasteiger partial charge on any atom is 0.187 e. The number of hydrogen-bond acceptors (Lipinski definition) is 2. The molecule has 0 fully saturated rings. The van der Waals surface area contributed by atoms with E-state index >= 15 is 0 Å². The van der Waals surface area contributed by atoms with Gasteiger partial charge >= 0.3 is 0 Å². The van der Waals surface area contributed by atoms with Crippen LogP contribution in [0.2, 0.25) is 0 Å². The molecule has 0 aliphatic rings. The number of allylic oxidation sites excluding steroid dienone is 1. The van der Waals surface area contributed by atoms with Gasteiger partial charge in [0, 0.05) is 6.61 Å². The topological polar surface area (TPSA) is 18.5 Å². The fourth-order valence-electron chi connectivity index (χ4n) is 0.355. The van der Waals surface area contributed by atoms with Gasteiger partial charge in [0.2, 0.25) is 0 Å². The lowest BCUT2D eigenvalue weighted by molar-refractivity contribution is 0.0255. The van der Waals surface area contributed by atoms with Crippen molar-refractivity contribution in [3.8, 4) is 0 Å². The van der Waals surface area contributed by atoms with Gasteiger partial charge in [-0.05, 0) is 13.8 Å². The second kappa shape index (κ2) is 7.88. The average Bonchev–Trinajstić information content (AvgIpc) is 1.89. The van der Waals surface area contributed by atoms with E-state index in [0.29, 0.717) is 6.79 Å². The van der Waals surface area contributed by atoms with Gasteiger partial charge in [-0.1, -0.05) is 11.8 Å². The first kappa shape index (κ1) is 8.88. The summed E-state index contributed by atoms with van der Waals surface area (Å²) in [4.78, 5) is 0. The highest BCUT2D eigenvalue weighted by molar-refractivity contribution is 6.34. The van der Waals surface area contributed by atoms with Gasteiger partial charge in [0.25, 0.3) is 0 Å². The second-order valence-electron chi connectivity index (χ2n) is 1.55. The van der Waals surface area contributed by atoms with Gasteiger partial charge in [-0.3, -0.25) is 0 Å². The molecule has 0 amide bonds. The van der Waals surface area contributed by atoms with Crippen LogP contribution in [0.5, 0.6) is 0 Å². The minimum absolute atomic E-state index is 0.415. The van der Waals surface area contributed by atoms with Crippen molar-refractivity contribution in [2.75, 3.05) is 13.4 Å². The van der Waals surface area contributed by atoms with Crippen LogP contribution in [0.3, 0.4) is 0 Å². The summed E-state index contributed by atoms with van der Waals surface area (Å²) < 4.78 is 10.1. The smallest absolute Gasteiger partial charge is 0.187 e. The largest absolute Gasteiger partial charge is 0.397 e. The third-order valence-electron chi connectivity index (χ3n) is 0.821. The SMILES string of the molecule is CC=C[SiH2]OCOCC. The highest BCUT2D eigenvalue weighted by Gasteiger charge is 1.80. The average molecular weight is 146 g/mol. The summed E-state index contributed by atoms with van der Waals surface area (Å²) in [5, 5.41) is 0. The summed E-state index contributed by atoms with van der Waals surface area (Å²) in [6, 6.07) is 0. The van der Waals surface area contributed by atoms with Crippen molar-refractivity contribution in [2.24, 2.45) is 0 Å². The Morgan fingerprint density at radius 1 is 1.56 bits per heavy atom. The highest BCUT2D eigenvalue weighted by Crippen LogP contribution is 1.75. The fourth-order valence-corrected chi connectivity index (χ4v) is 0.897. The summed E-state index contributed by atoms with van der Waals surface area (Å²) >= 11 is 0. The van der Waals surface area contributed by atoms with Crippen molar-refractivity contribution >= 4 is 9.76 Å². The minimum Gasteiger partial charge on any atom is -0.397 e. The van der Waals surface area contributed by atoms with Crippen LogP contribution in [0.15, 0.2) is 11.8 Å². The van der Waals surface area contributed by atoms with E-state index in [9.17, 15) is 0 Å². The Balaban J connectivity index is 2.75. The first-order valence-corrected chi connectivity index (χ1v) is 4.57. The van der Waals surface area contributed by atoms with Crippen molar-refractivity contribution in [1.29, 1.82) is 0 Å². The van der Waals surface area contributed by atoms with E-state index in [0.717, 1.165) is 6.61 Å². The monoisotopic (exact) mass is 146 g/mol. The molecule has 0 unspecified atom stereocenters. The Morgan fingerprint density at radius 2 is 2.33 bits per heavy atom. The summed E-state index contributed by atoms with van der Waals surface area (Å²) in [6.45, 7) is 5.16. The number of hydrogen-bond donors (Lipinski definition) is 0. The molecule has 9 heavy (non-hydrogen) atoms. The van der Waals surface area contributed by atoms with E-state index < -0.39 is 9.76 Å². The molecule has 3 heteroatoms. The Labute approximate surface area is 58.8 Å². The van der Waals surface area contributed by atoms with Crippen molar-refractivity contribution in [1.82, 2.24) is 0 Å². The maximum atomic E-state index is 5.14. The normalized spacial score (nSPS) is 12.2. The molecule has 0 spiro atoms. The lowest BCUT2D eigenvalue weighted by Crippen LogP contribution is -2.01. The van der Waals surface area contributed by atoms with Crippen LogP contribution in [0, 0.1) is 0 Å². The van der Waals surface area contributed by atoms with Crippen LogP contribution < -0.4 is 0 Å². The first-order valence-electron chi connectivity index (χ1n) is 3.18. The molecule has 0 aliphatic carbocycles. The summed E-state index contributed by atoms with van der Waals surface area (Å²) in [6.07, 6.45) is 2.01. The second-order valence-corrected chi connectivity index (χ2v) is 2.76. The van der Waals surface area contributed by atoms with Crippen molar-refractivity contribution in [2.45, 2.75) is 13.8 Å². The van der Waals surface area contributed by atoms with Crippen molar-refractivity contribution in [3.63, 3.8) is 0 Å². The molecule has 0 bridgehead atoms. The lowest BCUT2D eigenvalue weighted by atomic mass is 10.8. The van der Waals surface area contributed by atoms with Gasteiger partial charge in [0.1, 0.15) is 6.79 Å². The summed E-state index contributed by atoms with van der Waals surface area (Å²) in [7, 11) is -0.415. The molecule has 54 valence electrons. The fraction of sp³-hybridized carbons (Fsp3) is 0.667. The zero-order valence-electron chi connectivity index (χ0n) is 6.09. The maximum absolute atomic E-state index is 5.14. The molecule has 0 aromatic rings. The molecule has 0 rings (SSSR count). The molecule has 0 aromatic heterocycles. The third-order valence-corrected chi connectivity index (χ3v) is 1.89. The van der Waals surface area contributed by atoms with Crippen LogP contribution in [0.4, 0.5) is 0 Å².